The Morgan fingerprint density at radius 3 is 2.73 bits per heavy atom. The number of esters is 1. The van der Waals surface area contributed by atoms with Gasteiger partial charge in [-0.25, -0.2) is 14.2 Å². The Balaban J connectivity index is 2.15. The SMILES string of the molecule is COC(=O)c1cc(C)c(-c2cn3ccc(C)cc3n2)c(F)c1. The van der Waals surface area contributed by atoms with Gasteiger partial charge in [0.15, 0.2) is 0 Å². The van der Waals surface area contributed by atoms with E-state index in [1.807, 2.05) is 29.7 Å². The zero-order chi connectivity index (χ0) is 15.9. The van der Waals surface area contributed by atoms with E-state index >= 15 is 0 Å². The number of hydrogen-bond donors (Lipinski definition) is 0. The highest BCUT2D eigenvalue weighted by Gasteiger charge is 2.16. The minimum atomic E-state index is -0.556. The molecule has 0 spiro atoms. The van der Waals surface area contributed by atoms with Crippen LogP contribution in [0.15, 0.2) is 36.7 Å². The van der Waals surface area contributed by atoms with Crippen molar-refractivity contribution in [3.05, 3.63) is 59.2 Å². The van der Waals surface area contributed by atoms with Gasteiger partial charge in [0.05, 0.1) is 18.4 Å². The van der Waals surface area contributed by atoms with Crippen molar-refractivity contribution in [2.24, 2.45) is 0 Å². The maximum absolute atomic E-state index is 14.4. The lowest BCUT2D eigenvalue weighted by atomic mass is 10.0. The number of carbonyl (C=O) groups is 1. The number of nitrogens with zero attached hydrogens (tertiary/aromatic N) is 2. The second-order valence-electron chi connectivity index (χ2n) is 5.24. The quantitative estimate of drug-likeness (QED) is 0.680. The molecule has 0 radical (unpaired) electrons. The Kier molecular flexibility index (Phi) is 3.41. The van der Waals surface area contributed by atoms with Crippen LogP contribution < -0.4 is 0 Å². The van der Waals surface area contributed by atoms with E-state index in [4.69, 9.17) is 0 Å². The Morgan fingerprint density at radius 2 is 2.05 bits per heavy atom. The van der Waals surface area contributed by atoms with Crippen LogP contribution in [0.4, 0.5) is 4.39 Å². The molecule has 0 aliphatic carbocycles. The van der Waals surface area contributed by atoms with E-state index in [0.29, 0.717) is 16.8 Å². The third kappa shape index (κ3) is 2.35. The molecule has 0 aliphatic heterocycles. The van der Waals surface area contributed by atoms with Crippen LogP contribution >= 0.6 is 0 Å². The first kappa shape index (κ1) is 14.3. The smallest absolute Gasteiger partial charge is 0.337 e. The minimum Gasteiger partial charge on any atom is -0.465 e. The van der Waals surface area contributed by atoms with Gasteiger partial charge in [0.25, 0.3) is 0 Å². The number of imidazole rings is 1. The van der Waals surface area contributed by atoms with Gasteiger partial charge in [0.1, 0.15) is 11.5 Å². The van der Waals surface area contributed by atoms with Gasteiger partial charge in [0.2, 0.25) is 0 Å². The summed E-state index contributed by atoms with van der Waals surface area (Å²) in [6.07, 6.45) is 3.66. The predicted molar refractivity (Wildman–Crippen MR) is 81.4 cm³/mol. The summed E-state index contributed by atoms with van der Waals surface area (Å²) >= 11 is 0. The van der Waals surface area contributed by atoms with Crippen LogP contribution in [-0.2, 0) is 4.74 Å². The number of hydrogen-bond acceptors (Lipinski definition) is 3. The summed E-state index contributed by atoms with van der Waals surface area (Å²) in [7, 11) is 1.27. The van der Waals surface area contributed by atoms with E-state index in [2.05, 4.69) is 9.72 Å². The molecule has 22 heavy (non-hydrogen) atoms. The monoisotopic (exact) mass is 298 g/mol. The second kappa shape index (κ2) is 5.26. The van der Waals surface area contributed by atoms with Gasteiger partial charge in [-0.15, -0.1) is 0 Å². The first-order valence-corrected chi connectivity index (χ1v) is 6.84. The number of methoxy groups -OCH3 is 1. The van der Waals surface area contributed by atoms with Crippen molar-refractivity contribution in [2.45, 2.75) is 13.8 Å². The lowest BCUT2D eigenvalue weighted by Gasteiger charge is -2.07. The van der Waals surface area contributed by atoms with Crippen LogP contribution in [0.3, 0.4) is 0 Å². The number of rotatable bonds is 2. The average molecular weight is 298 g/mol. The van der Waals surface area contributed by atoms with Crippen LogP contribution in [-0.4, -0.2) is 22.5 Å². The maximum Gasteiger partial charge on any atom is 0.337 e. The van der Waals surface area contributed by atoms with Gasteiger partial charge < -0.3 is 9.14 Å². The summed E-state index contributed by atoms with van der Waals surface area (Å²) in [5, 5.41) is 0. The van der Waals surface area contributed by atoms with Crippen molar-refractivity contribution in [3.63, 3.8) is 0 Å². The van der Waals surface area contributed by atoms with Crippen molar-refractivity contribution in [1.82, 2.24) is 9.38 Å². The molecule has 0 bridgehead atoms. The van der Waals surface area contributed by atoms with Crippen molar-refractivity contribution < 1.29 is 13.9 Å². The molecule has 0 fully saturated rings. The molecule has 3 aromatic rings. The highest BCUT2D eigenvalue weighted by molar-refractivity contribution is 5.90. The van der Waals surface area contributed by atoms with Crippen molar-refractivity contribution in [1.29, 1.82) is 0 Å². The number of aromatic nitrogens is 2. The highest BCUT2D eigenvalue weighted by atomic mass is 19.1. The van der Waals surface area contributed by atoms with Crippen molar-refractivity contribution in [2.75, 3.05) is 7.11 Å². The Labute approximate surface area is 127 Å². The van der Waals surface area contributed by atoms with Gasteiger partial charge in [0, 0.05) is 18.0 Å². The molecule has 0 unspecified atom stereocenters. The van der Waals surface area contributed by atoms with Crippen molar-refractivity contribution in [3.8, 4) is 11.3 Å². The van der Waals surface area contributed by atoms with Crippen LogP contribution in [0.1, 0.15) is 21.5 Å². The lowest BCUT2D eigenvalue weighted by molar-refractivity contribution is 0.0600. The number of benzene rings is 1. The predicted octanol–water partition coefficient (Wildman–Crippen LogP) is 3.54. The molecule has 3 rings (SSSR count). The molecule has 0 amide bonds. The molecule has 4 nitrogen and oxygen atoms in total. The molecule has 1 aromatic carbocycles. The van der Waals surface area contributed by atoms with Gasteiger partial charge in [-0.1, -0.05) is 0 Å². The summed E-state index contributed by atoms with van der Waals surface area (Å²) in [4.78, 5) is 16.0. The number of carbonyl (C=O) groups excluding carboxylic acids is 1. The van der Waals surface area contributed by atoms with Crippen molar-refractivity contribution >= 4 is 11.6 Å². The lowest BCUT2D eigenvalue weighted by Crippen LogP contribution is -2.03. The summed E-state index contributed by atoms with van der Waals surface area (Å²) in [6, 6.07) is 6.69. The average Bonchev–Trinajstić information content (AvgIpc) is 2.87. The highest BCUT2D eigenvalue weighted by Crippen LogP contribution is 2.28. The second-order valence-corrected chi connectivity index (χ2v) is 5.24. The summed E-state index contributed by atoms with van der Waals surface area (Å²) in [5.74, 6) is -1.04. The van der Waals surface area contributed by atoms with Gasteiger partial charge in [-0.3, -0.25) is 0 Å². The molecule has 5 heteroatoms. The standard InChI is InChI=1S/C17H15FN2O2/c1-10-4-5-20-9-14(19-15(20)6-10)16-11(2)7-12(8-13(16)18)17(21)22-3/h4-9H,1-3H3. The summed E-state index contributed by atoms with van der Waals surface area (Å²) in [5.41, 5.74) is 3.61. The fraction of sp³-hybridized carbons (Fsp3) is 0.176. The van der Waals surface area contributed by atoms with E-state index in [1.54, 1.807) is 19.2 Å². The minimum absolute atomic E-state index is 0.195. The zero-order valence-corrected chi connectivity index (χ0v) is 12.6. The topological polar surface area (TPSA) is 43.6 Å². The first-order valence-electron chi connectivity index (χ1n) is 6.84. The molecule has 2 aromatic heterocycles. The zero-order valence-electron chi connectivity index (χ0n) is 12.6. The molecule has 0 saturated heterocycles. The van der Waals surface area contributed by atoms with Gasteiger partial charge in [-0.05, 0) is 49.2 Å². The third-order valence-corrected chi connectivity index (χ3v) is 3.58. The van der Waals surface area contributed by atoms with E-state index in [0.717, 1.165) is 11.2 Å². The summed E-state index contributed by atoms with van der Waals surface area (Å²) < 4.78 is 20.9. The van der Waals surface area contributed by atoms with E-state index in [-0.39, 0.29) is 5.56 Å². The molecule has 0 aliphatic rings. The molecule has 112 valence electrons. The third-order valence-electron chi connectivity index (χ3n) is 3.58. The molecular weight excluding hydrogens is 283 g/mol. The number of halogens is 1. The van der Waals surface area contributed by atoms with E-state index in [1.165, 1.54) is 13.2 Å². The van der Waals surface area contributed by atoms with Crippen LogP contribution in [0.2, 0.25) is 0 Å². The Bertz CT molecular complexity index is 860. The fourth-order valence-electron chi connectivity index (χ4n) is 2.51. The largest absolute Gasteiger partial charge is 0.465 e. The molecule has 0 atom stereocenters. The normalized spacial score (nSPS) is 10.9. The summed E-state index contributed by atoms with van der Waals surface area (Å²) in [6.45, 7) is 3.73. The van der Waals surface area contributed by atoms with Crippen LogP contribution in [0.5, 0.6) is 0 Å². The first-order chi connectivity index (χ1) is 10.5. The maximum atomic E-state index is 14.4. The number of fused-ring (bicyclic) bond motifs is 1. The fourth-order valence-corrected chi connectivity index (χ4v) is 2.51. The number of ether oxygens (including phenoxy) is 1. The van der Waals surface area contributed by atoms with Crippen LogP contribution in [0.25, 0.3) is 16.9 Å². The van der Waals surface area contributed by atoms with E-state index < -0.39 is 11.8 Å². The molecule has 2 heterocycles. The Morgan fingerprint density at radius 1 is 1.27 bits per heavy atom. The molecule has 0 N–H and O–H groups in total. The number of aryl methyl sites for hydroxylation is 2. The Hall–Kier alpha value is -2.69. The van der Waals surface area contributed by atoms with Gasteiger partial charge >= 0.3 is 5.97 Å². The van der Waals surface area contributed by atoms with Crippen LogP contribution in [0, 0.1) is 19.7 Å². The number of pyridine rings is 1. The van der Waals surface area contributed by atoms with E-state index in [9.17, 15) is 9.18 Å². The van der Waals surface area contributed by atoms with Gasteiger partial charge in [-0.2, -0.15) is 0 Å². The molecule has 0 saturated carbocycles. The molecular formula is C17H15FN2O2.